The monoisotopic (exact) mass is 326 g/mol. The maximum Gasteiger partial charge on any atom is 0.159 e. The average Bonchev–Trinajstić information content (AvgIpc) is 2.40. The van der Waals surface area contributed by atoms with Gasteiger partial charge in [-0.15, -0.1) is 0 Å². The third-order valence-electron chi connectivity index (χ3n) is 2.82. The minimum Gasteiger partial charge on any atom is -0.359 e. The number of benzene rings is 1. The zero-order valence-corrected chi connectivity index (χ0v) is 12.0. The summed E-state index contributed by atoms with van der Waals surface area (Å²) in [6.07, 6.45) is 2.36. The van der Waals surface area contributed by atoms with Gasteiger partial charge in [0, 0.05) is 24.3 Å². The van der Waals surface area contributed by atoms with Gasteiger partial charge in [0.15, 0.2) is 11.6 Å². The molecule has 19 heavy (non-hydrogen) atoms. The van der Waals surface area contributed by atoms with Crippen LogP contribution in [0.2, 0.25) is 0 Å². The van der Waals surface area contributed by atoms with E-state index in [1.165, 1.54) is 6.07 Å². The average molecular weight is 327 g/mol. The number of hydrogen-bond acceptors (Lipinski definition) is 2. The lowest BCUT2D eigenvalue weighted by molar-refractivity contribution is 0.507. The lowest BCUT2D eigenvalue weighted by Gasteiger charge is -2.18. The van der Waals surface area contributed by atoms with E-state index in [0.29, 0.717) is 13.0 Å². The Morgan fingerprint density at radius 1 is 1.16 bits per heavy atom. The summed E-state index contributed by atoms with van der Waals surface area (Å²) < 4.78 is 26.8. The Balaban J connectivity index is 1.98. The molecule has 0 radical (unpaired) electrons. The van der Waals surface area contributed by atoms with Gasteiger partial charge in [-0.3, -0.25) is 0 Å². The van der Waals surface area contributed by atoms with Crippen molar-refractivity contribution in [2.75, 3.05) is 18.5 Å². The van der Waals surface area contributed by atoms with E-state index in [0.717, 1.165) is 21.9 Å². The molecule has 1 heterocycles. The number of pyridine rings is 1. The quantitative estimate of drug-likeness (QED) is 0.849. The first-order valence-electron chi connectivity index (χ1n) is 5.83. The van der Waals surface area contributed by atoms with E-state index in [4.69, 9.17) is 0 Å². The second-order valence-electron chi connectivity index (χ2n) is 4.25. The molecule has 0 aliphatic rings. The molecule has 0 bridgehead atoms. The number of anilines is 1. The molecule has 0 unspecified atom stereocenters. The van der Waals surface area contributed by atoms with Crippen LogP contribution in [0.15, 0.2) is 41.0 Å². The normalized spacial score (nSPS) is 10.5. The van der Waals surface area contributed by atoms with Crippen molar-refractivity contribution in [2.24, 2.45) is 0 Å². The van der Waals surface area contributed by atoms with Crippen molar-refractivity contribution in [1.82, 2.24) is 4.98 Å². The predicted octanol–water partition coefficient (Wildman–Crippen LogP) is 3.80. The maximum atomic E-state index is 13.1. The van der Waals surface area contributed by atoms with E-state index in [2.05, 4.69) is 20.9 Å². The number of aromatic nitrogens is 1. The molecule has 0 saturated carbocycles. The van der Waals surface area contributed by atoms with Crippen LogP contribution >= 0.6 is 15.9 Å². The Hall–Kier alpha value is -1.49. The molecule has 0 amide bonds. The Morgan fingerprint density at radius 3 is 2.58 bits per heavy atom. The summed E-state index contributed by atoms with van der Waals surface area (Å²) in [6, 6.07) is 7.80. The van der Waals surface area contributed by atoms with Gasteiger partial charge in [-0.25, -0.2) is 13.8 Å². The van der Waals surface area contributed by atoms with Crippen LogP contribution in [0.4, 0.5) is 14.6 Å². The van der Waals surface area contributed by atoms with Crippen molar-refractivity contribution in [1.29, 1.82) is 0 Å². The summed E-state index contributed by atoms with van der Waals surface area (Å²) in [4.78, 5) is 6.23. The largest absolute Gasteiger partial charge is 0.359 e. The second-order valence-corrected chi connectivity index (χ2v) is 5.17. The number of rotatable bonds is 4. The zero-order valence-electron chi connectivity index (χ0n) is 10.4. The number of halogens is 3. The fourth-order valence-electron chi connectivity index (χ4n) is 1.70. The Morgan fingerprint density at radius 2 is 1.95 bits per heavy atom. The van der Waals surface area contributed by atoms with Crippen molar-refractivity contribution < 1.29 is 8.78 Å². The van der Waals surface area contributed by atoms with Crippen molar-refractivity contribution in [3.63, 3.8) is 0 Å². The van der Waals surface area contributed by atoms with E-state index in [9.17, 15) is 8.78 Å². The standard InChI is InChI=1S/C14H13BrF2N2/c1-19(14-5-3-11(15)9-18-14)7-6-10-2-4-12(16)13(17)8-10/h2-5,8-9H,6-7H2,1H3. The van der Waals surface area contributed by atoms with Crippen molar-refractivity contribution in [3.05, 3.63) is 58.2 Å². The molecular weight excluding hydrogens is 314 g/mol. The van der Waals surface area contributed by atoms with Crippen molar-refractivity contribution in [3.8, 4) is 0 Å². The minimum absolute atomic E-state index is 0.630. The number of nitrogens with zero attached hydrogens (tertiary/aromatic N) is 2. The van der Waals surface area contributed by atoms with Crippen LogP contribution in [-0.4, -0.2) is 18.6 Å². The van der Waals surface area contributed by atoms with Gasteiger partial charge in [0.25, 0.3) is 0 Å². The van der Waals surface area contributed by atoms with E-state index in [1.54, 1.807) is 12.3 Å². The minimum atomic E-state index is -0.813. The lowest BCUT2D eigenvalue weighted by atomic mass is 10.1. The molecule has 0 fully saturated rings. The smallest absolute Gasteiger partial charge is 0.159 e. The first kappa shape index (κ1) is 13.9. The van der Waals surface area contributed by atoms with E-state index in [1.807, 2.05) is 24.1 Å². The Labute approximate surface area is 119 Å². The van der Waals surface area contributed by atoms with Gasteiger partial charge in [-0.1, -0.05) is 6.07 Å². The molecule has 1 aromatic carbocycles. The van der Waals surface area contributed by atoms with Crippen molar-refractivity contribution in [2.45, 2.75) is 6.42 Å². The fraction of sp³-hybridized carbons (Fsp3) is 0.214. The Kier molecular flexibility index (Phi) is 4.47. The van der Waals surface area contributed by atoms with Crippen LogP contribution < -0.4 is 4.90 Å². The molecular formula is C14H13BrF2N2. The van der Waals surface area contributed by atoms with Gasteiger partial charge in [0.05, 0.1) is 0 Å². The summed E-state index contributed by atoms with van der Waals surface area (Å²) in [5.41, 5.74) is 0.767. The summed E-state index contributed by atoms with van der Waals surface area (Å²) in [5.74, 6) is -0.778. The maximum absolute atomic E-state index is 13.1. The second kappa shape index (κ2) is 6.10. The first-order valence-corrected chi connectivity index (χ1v) is 6.62. The van der Waals surface area contributed by atoms with Gasteiger partial charge >= 0.3 is 0 Å². The van der Waals surface area contributed by atoms with E-state index < -0.39 is 11.6 Å². The van der Waals surface area contributed by atoms with Gasteiger partial charge in [0.1, 0.15) is 5.82 Å². The molecule has 0 atom stereocenters. The van der Waals surface area contributed by atoms with Crippen LogP contribution in [-0.2, 0) is 6.42 Å². The van der Waals surface area contributed by atoms with Crippen LogP contribution in [0.1, 0.15) is 5.56 Å². The third-order valence-corrected chi connectivity index (χ3v) is 3.29. The highest BCUT2D eigenvalue weighted by Crippen LogP contribution is 2.15. The lowest BCUT2D eigenvalue weighted by Crippen LogP contribution is -2.21. The first-order chi connectivity index (χ1) is 9.06. The summed E-state index contributed by atoms with van der Waals surface area (Å²) >= 11 is 3.33. The van der Waals surface area contributed by atoms with Gasteiger partial charge in [-0.05, 0) is 52.2 Å². The molecule has 0 aliphatic carbocycles. The fourth-order valence-corrected chi connectivity index (χ4v) is 1.93. The number of likely N-dealkylation sites (N-methyl/N-ethyl adjacent to an activating group) is 1. The third kappa shape index (κ3) is 3.73. The molecule has 0 saturated heterocycles. The van der Waals surface area contributed by atoms with Crippen LogP contribution in [0.3, 0.4) is 0 Å². The highest BCUT2D eigenvalue weighted by Gasteiger charge is 2.05. The van der Waals surface area contributed by atoms with E-state index in [-0.39, 0.29) is 0 Å². The van der Waals surface area contributed by atoms with E-state index >= 15 is 0 Å². The highest BCUT2D eigenvalue weighted by atomic mass is 79.9. The molecule has 5 heteroatoms. The van der Waals surface area contributed by atoms with Gasteiger partial charge in [-0.2, -0.15) is 0 Å². The van der Waals surface area contributed by atoms with Crippen LogP contribution in [0, 0.1) is 11.6 Å². The molecule has 2 rings (SSSR count). The summed E-state index contributed by atoms with van der Waals surface area (Å²) in [7, 11) is 1.91. The Bertz CT molecular complexity index is 558. The molecule has 1 aromatic heterocycles. The molecule has 100 valence electrons. The van der Waals surface area contributed by atoms with Gasteiger partial charge in [0.2, 0.25) is 0 Å². The molecule has 0 spiro atoms. The molecule has 0 aliphatic heterocycles. The topological polar surface area (TPSA) is 16.1 Å². The zero-order chi connectivity index (χ0) is 13.8. The van der Waals surface area contributed by atoms with Gasteiger partial charge < -0.3 is 4.90 Å². The van der Waals surface area contributed by atoms with Crippen LogP contribution in [0.5, 0.6) is 0 Å². The molecule has 0 N–H and O–H groups in total. The highest BCUT2D eigenvalue weighted by molar-refractivity contribution is 9.10. The molecule has 2 nitrogen and oxygen atoms in total. The SMILES string of the molecule is CN(CCc1ccc(F)c(F)c1)c1ccc(Br)cn1. The number of hydrogen-bond donors (Lipinski definition) is 0. The van der Waals surface area contributed by atoms with Crippen molar-refractivity contribution >= 4 is 21.7 Å². The molecule has 2 aromatic rings. The summed E-state index contributed by atoms with van der Waals surface area (Å²) in [5, 5.41) is 0. The predicted molar refractivity (Wildman–Crippen MR) is 75.3 cm³/mol. The summed E-state index contributed by atoms with van der Waals surface area (Å²) in [6.45, 7) is 0.680. The van der Waals surface area contributed by atoms with Crippen LogP contribution in [0.25, 0.3) is 0 Å².